The number of rotatable bonds is 4. The molecule has 0 aliphatic heterocycles. The second-order valence-electron chi connectivity index (χ2n) is 1.73. The minimum Gasteiger partial charge on any atom is -0.478 e. The zero-order valence-electron chi connectivity index (χ0n) is 5.90. The number of carboxylic acids is 1. The fourth-order valence-electron chi connectivity index (χ4n) is 0.505. The SMILES string of the molecule is O=C(O)C(C=CCO)=CCO. The molecule has 0 aromatic heterocycles. The summed E-state index contributed by atoms with van der Waals surface area (Å²) in [7, 11) is 0. The van der Waals surface area contributed by atoms with E-state index in [1.807, 2.05) is 0 Å². The van der Waals surface area contributed by atoms with E-state index < -0.39 is 5.97 Å². The number of aliphatic carboxylic acids is 1. The maximum atomic E-state index is 10.3. The molecule has 11 heavy (non-hydrogen) atoms. The number of carbonyl (C=O) groups is 1. The lowest BCUT2D eigenvalue weighted by atomic mass is 10.2. The highest BCUT2D eigenvalue weighted by Gasteiger charge is 2.00. The first-order valence-corrected chi connectivity index (χ1v) is 3.04. The van der Waals surface area contributed by atoms with Gasteiger partial charge in [-0.05, 0) is 12.2 Å². The lowest BCUT2D eigenvalue weighted by Gasteiger charge is -1.91. The molecular formula is C7H10O4. The summed E-state index contributed by atoms with van der Waals surface area (Å²) >= 11 is 0. The molecule has 3 N–H and O–H groups in total. The number of carboxylic acid groups (broad SMARTS) is 1. The van der Waals surface area contributed by atoms with Crippen LogP contribution in [0.1, 0.15) is 0 Å². The normalized spacial score (nSPS) is 12.4. The third-order valence-electron chi connectivity index (χ3n) is 0.961. The van der Waals surface area contributed by atoms with Crippen molar-refractivity contribution in [3.63, 3.8) is 0 Å². The van der Waals surface area contributed by atoms with Gasteiger partial charge >= 0.3 is 5.97 Å². The predicted octanol–water partition coefficient (Wildman–Crippen LogP) is -0.462. The lowest BCUT2D eigenvalue weighted by molar-refractivity contribution is -0.132. The maximum absolute atomic E-state index is 10.3. The first kappa shape index (κ1) is 9.87. The molecule has 4 nitrogen and oxygen atoms in total. The summed E-state index contributed by atoms with van der Waals surface area (Å²) in [5.74, 6) is -1.12. The smallest absolute Gasteiger partial charge is 0.335 e. The van der Waals surface area contributed by atoms with Gasteiger partial charge < -0.3 is 15.3 Å². The quantitative estimate of drug-likeness (QED) is 0.382. The van der Waals surface area contributed by atoms with Gasteiger partial charge in [0.2, 0.25) is 0 Å². The van der Waals surface area contributed by atoms with Crippen LogP contribution in [-0.4, -0.2) is 34.5 Å². The standard InChI is InChI=1S/C7H10O4/c8-4-1-2-6(3-5-9)7(10)11/h1-3,8-9H,4-5H2,(H,10,11). The van der Waals surface area contributed by atoms with E-state index >= 15 is 0 Å². The number of aliphatic hydroxyl groups is 2. The second-order valence-corrected chi connectivity index (χ2v) is 1.73. The highest BCUT2D eigenvalue weighted by Crippen LogP contribution is 1.95. The number of hydrogen-bond donors (Lipinski definition) is 3. The molecule has 0 aliphatic carbocycles. The Labute approximate surface area is 64.1 Å². The summed E-state index contributed by atoms with van der Waals surface area (Å²) in [6.45, 7) is -0.534. The van der Waals surface area contributed by atoms with Crippen LogP contribution in [0.15, 0.2) is 23.8 Å². The van der Waals surface area contributed by atoms with Crippen molar-refractivity contribution < 1.29 is 20.1 Å². The van der Waals surface area contributed by atoms with Crippen LogP contribution in [0.5, 0.6) is 0 Å². The van der Waals surface area contributed by atoms with Crippen LogP contribution in [0.4, 0.5) is 0 Å². The Kier molecular flexibility index (Phi) is 5.06. The van der Waals surface area contributed by atoms with Gasteiger partial charge in [0.15, 0.2) is 0 Å². The topological polar surface area (TPSA) is 77.8 Å². The molecule has 0 saturated heterocycles. The van der Waals surface area contributed by atoms with Gasteiger partial charge in [0.25, 0.3) is 0 Å². The third-order valence-corrected chi connectivity index (χ3v) is 0.961. The van der Waals surface area contributed by atoms with E-state index in [9.17, 15) is 4.79 Å². The fraction of sp³-hybridized carbons (Fsp3) is 0.286. The summed E-state index contributed by atoms with van der Waals surface area (Å²) in [5.41, 5.74) is -0.0263. The molecule has 0 aliphatic rings. The average molecular weight is 158 g/mol. The molecule has 0 radical (unpaired) electrons. The first-order chi connectivity index (χ1) is 5.22. The minimum atomic E-state index is -1.12. The average Bonchev–Trinajstić information content (AvgIpc) is 1.97. The van der Waals surface area contributed by atoms with Crippen LogP contribution in [0.2, 0.25) is 0 Å². The van der Waals surface area contributed by atoms with E-state index in [2.05, 4.69) is 0 Å². The van der Waals surface area contributed by atoms with Crippen molar-refractivity contribution in [1.29, 1.82) is 0 Å². The van der Waals surface area contributed by atoms with Gasteiger partial charge in [0.1, 0.15) is 0 Å². The Balaban J connectivity index is 4.23. The molecule has 0 heterocycles. The van der Waals surface area contributed by atoms with Gasteiger partial charge in [-0.3, -0.25) is 0 Å². The van der Waals surface area contributed by atoms with Crippen LogP contribution in [0.3, 0.4) is 0 Å². The van der Waals surface area contributed by atoms with Gasteiger partial charge in [-0.2, -0.15) is 0 Å². The Morgan fingerprint density at radius 1 is 1.27 bits per heavy atom. The second kappa shape index (κ2) is 5.64. The van der Waals surface area contributed by atoms with Gasteiger partial charge in [0.05, 0.1) is 18.8 Å². The van der Waals surface area contributed by atoms with Crippen molar-refractivity contribution in [1.82, 2.24) is 0 Å². The van der Waals surface area contributed by atoms with Crippen molar-refractivity contribution in [3.05, 3.63) is 23.8 Å². The molecule has 0 saturated carbocycles. The van der Waals surface area contributed by atoms with Crippen LogP contribution >= 0.6 is 0 Å². The van der Waals surface area contributed by atoms with Crippen molar-refractivity contribution in [2.24, 2.45) is 0 Å². The van der Waals surface area contributed by atoms with Crippen molar-refractivity contribution in [3.8, 4) is 0 Å². The Hall–Kier alpha value is -1.13. The van der Waals surface area contributed by atoms with Gasteiger partial charge in [-0.25, -0.2) is 4.79 Å². The Morgan fingerprint density at radius 3 is 2.27 bits per heavy atom. The zero-order chi connectivity index (χ0) is 8.69. The summed E-state index contributed by atoms with van der Waals surface area (Å²) in [6, 6.07) is 0. The molecule has 0 fully saturated rings. The van der Waals surface area contributed by atoms with Crippen LogP contribution in [0.25, 0.3) is 0 Å². The monoisotopic (exact) mass is 158 g/mol. The fourth-order valence-corrected chi connectivity index (χ4v) is 0.505. The van der Waals surface area contributed by atoms with Gasteiger partial charge in [-0.1, -0.05) is 6.08 Å². The van der Waals surface area contributed by atoms with Crippen molar-refractivity contribution in [2.75, 3.05) is 13.2 Å². The molecule has 0 aromatic rings. The zero-order valence-corrected chi connectivity index (χ0v) is 5.90. The van der Waals surface area contributed by atoms with Crippen LogP contribution in [-0.2, 0) is 4.79 Å². The molecule has 0 bridgehead atoms. The molecule has 0 unspecified atom stereocenters. The highest BCUT2D eigenvalue weighted by molar-refractivity contribution is 5.89. The molecule has 0 amide bonds. The predicted molar refractivity (Wildman–Crippen MR) is 39.0 cm³/mol. The van der Waals surface area contributed by atoms with E-state index in [4.69, 9.17) is 15.3 Å². The maximum Gasteiger partial charge on any atom is 0.335 e. The Bertz CT molecular complexity index is 181. The number of aliphatic hydroxyl groups excluding tert-OH is 2. The Morgan fingerprint density at radius 2 is 1.91 bits per heavy atom. The molecule has 0 aromatic carbocycles. The summed E-state index contributed by atoms with van der Waals surface area (Å²) in [4.78, 5) is 10.3. The van der Waals surface area contributed by atoms with Crippen molar-refractivity contribution in [2.45, 2.75) is 0 Å². The van der Waals surface area contributed by atoms with E-state index in [1.165, 1.54) is 12.2 Å². The third kappa shape index (κ3) is 4.30. The van der Waals surface area contributed by atoms with Gasteiger partial charge in [-0.15, -0.1) is 0 Å². The van der Waals surface area contributed by atoms with Crippen LogP contribution in [0, 0.1) is 0 Å². The largest absolute Gasteiger partial charge is 0.478 e. The molecule has 0 rings (SSSR count). The van der Waals surface area contributed by atoms with Gasteiger partial charge in [0, 0.05) is 0 Å². The van der Waals surface area contributed by atoms with Crippen LogP contribution < -0.4 is 0 Å². The summed E-state index contributed by atoms with van der Waals surface area (Å²) in [6.07, 6.45) is 3.67. The van der Waals surface area contributed by atoms with E-state index in [-0.39, 0.29) is 18.8 Å². The molecule has 62 valence electrons. The van der Waals surface area contributed by atoms with E-state index in [0.717, 1.165) is 6.08 Å². The number of hydrogen-bond acceptors (Lipinski definition) is 3. The van der Waals surface area contributed by atoms with Crippen molar-refractivity contribution >= 4 is 5.97 Å². The lowest BCUT2D eigenvalue weighted by Crippen LogP contribution is -1.98. The van der Waals surface area contributed by atoms with E-state index in [0.29, 0.717) is 0 Å². The highest BCUT2D eigenvalue weighted by atomic mass is 16.4. The molecular weight excluding hydrogens is 148 g/mol. The first-order valence-electron chi connectivity index (χ1n) is 3.04. The summed E-state index contributed by atoms with van der Waals surface area (Å²) < 4.78 is 0. The van der Waals surface area contributed by atoms with E-state index in [1.54, 1.807) is 0 Å². The minimum absolute atomic E-state index is 0.0263. The molecule has 0 atom stereocenters. The summed E-state index contributed by atoms with van der Waals surface area (Å²) in [5, 5.41) is 25.1. The molecule has 4 heteroatoms. The molecule has 0 spiro atoms.